The summed E-state index contributed by atoms with van der Waals surface area (Å²) in [5.74, 6) is 0. The molecule has 1 aromatic carbocycles. The Bertz CT molecular complexity index is 770. The first-order chi connectivity index (χ1) is 8.95. The van der Waals surface area contributed by atoms with Crippen molar-refractivity contribution in [3.8, 4) is 0 Å². The quantitative estimate of drug-likeness (QED) is 0.786. The van der Waals surface area contributed by atoms with Crippen molar-refractivity contribution in [1.29, 1.82) is 0 Å². The second-order valence-corrected chi connectivity index (χ2v) is 6.36. The van der Waals surface area contributed by atoms with Gasteiger partial charge in [0.05, 0.1) is 30.4 Å². The Morgan fingerprint density at radius 2 is 2.16 bits per heavy atom. The van der Waals surface area contributed by atoms with E-state index in [-0.39, 0.29) is 21.4 Å². The van der Waals surface area contributed by atoms with Crippen LogP contribution in [0, 0.1) is 0 Å². The smallest absolute Gasteiger partial charge is 0.263 e. The van der Waals surface area contributed by atoms with Gasteiger partial charge in [0.15, 0.2) is 0 Å². The third kappa shape index (κ3) is 2.78. The highest BCUT2D eigenvalue weighted by Gasteiger charge is 2.16. The number of para-hydroxylation sites is 1. The van der Waals surface area contributed by atoms with Crippen LogP contribution in [0.4, 0.5) is 0 Å². The first-order valence-corrected chi connectivity index (χ1v) is 7.68. The van der Waals surface area contributed by atoms with E-state index in [1.165, 1.54) is 36.2 Å². The molecule has 19 heavy (non-hydrogen) atoms. The highest BCUT2D eigenvalue weighted by atomic mass is 35.7. The number of benzene rings is 1. The highest BCUT2D eigenvalue weighted by Crippen LogP contribution is 2.21. The molecule has 0 unspecified atom stereocenters. The molecule has 0 fully saturated rings. The van der Waals surface area contributed by atoms with Gasteiger partial charge in [0, 0.05) is 17.8 Å². The largest absolute Gasteiger partial charge is 0.383 e. The molecule has 1 heterocycles. The molecule has 102 valence electrons. The fraction of sp³-hybridized carbons (Fsp3) is 0.273. The first kappa shape index (κ1) is 14.0. The minimum Gasteiger partial charge on any atom is -0.383 e. The Kier molecular flexibility index (Phi) is 3.88. The Labute approximate surface area is 114 Å². The standard InChI is InChI=1S/C11H11ClN2O4S/c1-18-6-5-14-7-13-10-8(11(14)15)3-2-4-9(10)19(12,16)17/h2-4,7H,5-6H2,1H3. The molecule has 0 N–H and O–H groups in total. The van der Waals surface area contributed by atoms with E-state index < -0.39 is 9.05 Å². The average molecular weight is 303 g/mol. The number of aromatic nitrogens is 2. The minimum atomic E-state index is -3.94. The lowest BCUT2D eigenvalue weighted by molar-refractivity contribution is 0.186. The van der Waals surface area contributed by atoms with Crippen molar-refractivity contribution in [3.05, 3.63) is 34.9 Å². The normalized spacial score (nSPS) is 11.9. The molecule has 2 rings (SSSR count). The lowest BCUT2D eigenvalue weighted by atomic mass is 10.2. The number of nitrogens with zero attached hydrogens (tertiary/aromatic N) is 2. The number of rotatable bonds is 4. The van der Waals surface area contributed by atoms with Gasteiger partial charge in [-0.25, -0.2) is 13.4 Å². The lowest BCUT2D eigenvalue weighted by Gasteiger charge is -2.07. The number of methoxy groups -OCH3 is 1. The summed E-state index contributed by atoms with van der Waals surface area (Å²) in [5, 5.41) is 0.209. The summed E-state index contributed by atoms with van der Waals surface area (Å²) in [4.78, 5) is 16.0. The van der Waals surface area contributed by atoms with Gasteiger partial charge < -0.3 is 4.74 Å². The van der Waals surface area contributed by atoms with Gasteiger partial charge in [-0.15, -0.1) is 0 Å². The topological polar surface area (TPSA) is 78.3 Å². The van der Waals surface area contributed by atoms with Crippen LogP contribution in [0.1, 0.15) is 0 Å². The van der Waals surface area contributed by atoms with Crippen LogP contribution in [-0.4, -0.2) is 31.7 Å². The molecule has 0 aliphatic heterocycles. The number of fused-ring (bicyclic) bond motifs is 1. The van der Waals surface area contributed by atoms with Gasteiger partial charge >= 0.3 is 0 Å². The highest BCUT2D eigenvalue weighted by molar-refractivity contribution is 8.14. The maximum atomic E-state index is 12.1. The summed E-state index contributed by atoms with van der Waals surface area (Å²) in [6, 6.07) is 4.29. The summed E-state index contributed by atoms with van der Waals surface area (Å²) >= 11 is 0. The van der Waals surface area contributed by atoms with E-state index >= 15 is 0 Å². The zero-order valence-corrected chi connectivity index (χ0v) is 11.6. The zero-order valence-electron chi connectivity index (χ0n) is 10.0. The van der Waals surface area contributed by atoms with Crippen molar-refractivity contribution in [2.24, 2.45) is 0 Å². The van der Waals surface area contributed by atoms with Crippen LogP contribution >= 0.6 is 10.7 Å². The fourth-order valence-corrected chi connectivity index (χ4v) is 2.72. The van der Waals surface area contributed by atoms with E-state index in [9.17, 15) is 13.2 Å². The lowest BCUT2D eigenvalue weighted by Crippen LogP contribution is -2.23. The van der Waals surface area contributed by atoms with E-state index in [1.54, 1.807) is 0 Å². The van der Waals surface area contributed by atoms with Crippen molar-refractivity contribution in [1.82, 2.24) is 9.55 Å². The Balaban J connectivity index is 2.70. The summed E-state index contributed by atoms with van der Waals surface area (Å²) in [6.07, 6.45) is 1.29. The molecule has 0 aliphatic carbocycles. The predicted octanol–water partition coefficient (Wildman–Crippen LogP) is 0.970. The average Bonchev–Trinajstić information content (AvgIpc) is 2.36. The van der Waals surface area contributed by atoms with Gasteiger partial charge in [0.2, 0.25) is 0 Å². The maximum Gasteiger partial charge on any atom is 0.263 e. The molecule has 0 saturated heterocycles. The van der Waals surface area contributed by atoms with Crippen LogP contribution in [-0.2, 0) is 20.3 Å². The second kappa shape index (κ2) is 5.28. The van der Waals surface area contributed by atoms with E-state index in [0.29, 0.717) is 13.2 Å². The number of ether oxygens (including phenoxy) is 1. The second-order valence-electron chi connectivity index (χ2n) is 3.83. The third-order valence-electron chi connectivity index (χ3n) is 2.62. The number of hydrogen-bond donors (Lipinski definition) is 0. The van der Waals surface area contributed by atoms with Gasteiger partial charge in [-0.05, 0) is 12.1 Å². The van der Waals surface area contributed by atoms with Crippen molar-refractivity contribution < 1.29 is 13.2 Å². The molecule has 0 bridgehead atoms. The fourth-order valence-electron chi connectivity index (χ4n) is 1.71. The molecule has 0 atom stereocenters. The summed E-state index contributed by atoms with van der Waals surface area (Å²) in [6.45, 7) is 0.705. The Morgan fingerprint density at radius 3 is 2.79 bits per heavy atom. The van der Waals surface area contributed by atoms with Gasteiger partial charge in [0.1, 0.15) is 4.90 Å². The van der Waals surface area contributed by atoms with E-state index in [2.05, 4.69) is 4.98 Å². The van der Waals surface area contributed by atoms with Crippen molar-refractivity contribution in [2.45, 2.75) is 11.4 Å². The zero-order chi connectivity index (χ0) is 14.0. The summed E-state index contributed by atoms with van der Waals surface area (Å²) < 4.78 is 29.1. The van der Waals surface area contributed by atoms with Crippen LogP contribution in [0.25, 0.3) is 10.9 Å². The van der Waals surface area contributed by atoms with Crippen LogP contribution in [0.5, 0.6) is 0 Å². The molecule has 0 spiro atoms. The first-order valence-electron chi connectivity index (χ1n) is 5.37. The monoisotopic (exact) mass is 302 g/mol. The third-order valence-corrected chi connectivity index (χ3v) is 3.97. The van der Waals surface area contributed by atoms with E-state index in [4.69, 9.17) is 15.4 Å². The summed E-state index contributed by atoms with van der Waals surface area (Å²) in [5.41, 5.74) is -0.250. The van der Waals surface area contributed by atoms with Crippen LogP contribution in [0.3, 0.4) is 0 Å². The molecule has 1 aromatic heterocycles. The summed E-state index contributed by atoms with van der Waals surface area (Å²) in [7, 11) is 2.90. The van der Waals surface area contributed by atoms with Crippen LogP contribution < -0.4 is 5.56 Å². The van der Waals surface area contributed by atoms with E-state index in [1.807, 2.05) is 0 Å². The number of hydrogen-bond acceptors (Lipinski definition) is 5. The van der Waals surface area contributed by atoms with Gasteiger partial charge in [-0.3, -0.25) is 9.36 Å². The molecule has 6 nitrogen and oxygen atoms in total. The van der Waals surface area contributed by atoms with Gasteiger partial charge in [-0.2, -0.15) is 0 Å². The number of halogens is 1. The molecule has 2 aromatic rings. The minimum absolute atomic E-state index is 0.0798. The van der Waals surface area contributed by atoms with Crippen molar-refractivity contribution >= 4 is 30.6 Å². The van der Waals surface area contributed by atoms with Crippen molar-refractivity contribution in [3.63, 3.8) is 0 Å². The van der Waals surface area contributed by atoms with E-state index in [0.717, 1.165) is 0 Å². The maximum absolute atomic E-state index is 12.1. The molecule has 0 amide bonds. The Morgan fingerprint density at radius 1 is 1.42 bits per heavy atom. The molecule has 0 radical (unpaired) electrons. The molecular formula is C11H11ClN2O4S. The molecule has 8 heteroatoms. The molecular weight excluding hydrogens is 292 g/mol. The SMILES string of the molecule is COCCn1cnc2c(S(=O)(=O)Cl)cccc2c1=O. The van der Waals surface area contributed by atoms with Gasteiger partial charge in [0.25, 0.3) is 14.6 Å². The Hall–Kier alpha value is -1.44. The predicted molar refractivity (Wildman–Crippen MR) is 70.9 cm³/mol. The van der Waals surface area contributed by atoms with Crippen LogP contribution in [0.2, 0.25) is 0 Å². The molecule has 0 saturated carbocycles. The molecule has 0 aliphatic rings. The van der Waals surface area contributed by atoms with Gasteiger partial charge in [-0.1, -0.05) is 6.07 Å². The van der Waals surface area contributed by atoms with Crippen LogP contribution in [0.15, 0.2) is 34.2 Å². The van der Waals surface area contributed by atoms with Crippen molar-refractivity contribution in [2.75, 3.05) is 13.7 Å².